The highest BCUT2D eigenvalue weighted by Crippen LogP contribution is 2.38. The fourth-order valence-corrected chi connectivity index (χ4v) is 3.82. The van der Waals surface area contributed by atoms with Gasteiger partial charge in [0, 0.05) is 37.9 Å². The first-order chi connectivity index (χ1) is 12.6. The van der Waals surface area contributed by atoms with E-state index >= 15 is 0 Å². The molecule has 1 fully saturated rings. The average molecular weight is 392 g/mol. The zero-order valence-electron chi connectivity index (χ0n) is 14.3. The summed E-state index contributed by atoms with van der Waals surface area (Å²) in [5.41, 5.74) is 2.39. The number of fused-ring (bicyclic) bond motifs is 1. The number of hydrogen-bond acceptors (Lipinski definition) is 4. The van der Waals surface area contributed by atoms with Gasteiger partial charge in [-0.3, -0.25) is 4.79 Å². The Morgan fingerprint density at radius 2 is 1.96 bits per heavy atom. The van der Waals surface area contributed by atoms with Crippen LogP contribution in [0.5, 0.6) is 0 Å². The lowest BCUT2D eigenvalue weighted by atomic mass is 9.94. The third-order valence-electron chi connectivity index (χ3n) is 4.80. The largest absolute Gasteiger partial charge is 0.344 e. The second-order valence-corrected chi connectivity index (χ2v) is 7.26. The zero-order chi connectivity index (χ0) is 18.3. The van der Waals surface area contributed by atoms with E-state index in [1.54, 1.807) is 12.3 Å². The van der Waals surface area contributed by atoms with Crippen LogP contribution in [0, 0.1) is 0 Å². The SMILES string of the molecule is CC1=C(C(=O)N2CCNCC2)C(c2ccc(Cl)c(Cl)c2)n2nccc2N1. The summed E-state index contributed by atoms with van der Waals surface area (Å²) in [6.45, 7) is 4.91. The molecule has 2 N–H and O–H groups in total. The van der Waals surface area contributed by atoms with Crippen LogP contribution in [0.4, 0.5) is 5.82 Å². The molecule has 1 aromatic carbocycles. The summed E-state index contributed by atoms with van der Waals surface area (Å²) in [5.74, 6) is 0.865. The Kier molecular flexibility index (Phi) is 4.65. The van der Waals surface area contributed by atoms with Crippen molar-refractivity contribution in [2.24, 2.45) is 0 Å². The number of carbonyl (C=O) groups excluding carboxylic acids is 1. The van der Waals surface area contributed by atoms with Crippen LogP contribution in [-0.2, 0) is 4.79 Å². The van der Waals surface area contributed by atoms with Crippen molar-refractivity contribution in [1.82, 2.24) is 20.0 Å². The van der Waals surface area contributed by atoms with E-state index in [1.165, 1.54) is 0 Å². The number of rotatable bonds is 2. The number of hydrogen-bond donors (Lipinski definition) is 2. The van der Waals surface area contributed by atoms with Crippen molar-refractivity contribution in [2.45, 2.75) is 13.0 Å². The fraction of sp³-hybridized carbons (Fsp3) is 0.333. The molecule has 26 heavy (non-hydrogen) atoms. The minimum atomic E-state index is -0.349. The molecule has 2 aliphatic heterocycles. The molecule has 0 saturated carbocycles. The minimum Gasteiger partial charge on any atom is -0.344 e. The first-order valence-corrected chi connectivity index (χ1v) is 9.28. The molecule has 1 aromatic heterocycles. The summed E-state index contributed by atoms with van der Waals surface area (Å²) in [7, 11) is 0. The van der Waals surface area contributed by atoms with Gasteiger partial charge in [-0.1, -0.05) is 29.3 Å². The lowest BCUT2D eigenvalue weighted by Crippen LogP contribution is -2.48. The highest BCUT2D eigenvalue weighted by molar-refractivity contribution is 6.42. The molecule has 0 bridgehead atoms. The molecule has 2 aliphatic rings. The van der Waals surface area contributed by atoms with E-state index in [9.17, 15) is 4.79 Å². The van der Waals surface area contributed by atoms with Gasteiger partial charge in [-0.2, -0.15) is 5.10 Å². The van der Waals surface area contributed by atoms with Gasteiger partial charge in [-0.15, -0.1) is 0 Å². The van der Waals surface area contributed by atoms with Crippen molar-refractivity contribution in [2.75, 3.05) is 31.5 Å². The van der Waals surface area contributed by atoms with E-state index in [-0.39, 0.29) is 11.9 Å². The maximum absolute atomic E-state index is 13.3. The molecule has 6 nitrogen and oxygen atoms in total. The number of amides is 1. The van der Waals surface area contributed by atoms with Gasteiger partial charge in [-0.05, 0) is 24.6 Å². The van der Waals surface area contributed by atoms with Gasteiger partial charge >= 0.3 is 0 Å². The highest BCUT2D eigenvalue weighted by atomic mass is 35.5. The molecule has 1 atom stereocenters. The summed E-state index contributed by atoms with van der Waals surface area (Å²) in [6.07, 6.45) is 1.72. The predicted molar refractivity (Wildman–Crippen MR) is 103 cm³/mol. The summed E-state index contributed by atoms with van der Waals surface area (Å²) in [6, 6.07) is 7.00. The van der Waals surface area contributed by atoms with E-state index in [0.717, 1.165) is 30.2 Å². The van der Waals surface area contributed by atoms with E-state index in [1.807, 2.05) is 34.7 Å². The van der Waals surface area contributed by atoms with Crippen molar-refractivity contribution < 1.29 is 4.79 Å². The molecule has 4 rings (SSSR count). The smallest absolute Gasteiger partial charge is 0.254 e. The molecule has 1 unspecified atom stereocenters. The van der Waals surface area contributed by atoms with E-state index in [2.05, 4.69) is 15.7 Å². The van der Waals surface area contributed by atoms with Gasteiger partial charge in [0.25, 0.3) is 5.91 Å². The fourth-order valence-electron chi connectivity index (χ4n) is 3.51. The number of carbonyl (C=O) groups is 1. The van der Waals surface area contributed by atoms with Crippen LogP contribution in [0.15, 0.2) is 41.7 Å². The Morgan fingerprint density at radius 1 is 1.19 bits per heavy atom. The predicted octanol–water partition coefficient (Wildman–Crippen LogP) is 2.91. The standard InChI is InChI=1S/C18H19Cl2N5O/c1-11-16(18(26)24-8-6-21-7-9-24)17(25-15(23-11)4-5-22-25)12-2-3-13(19)14(20)10-12/h2-5,10,17,21,23H,6-9H2,1H3. The second-order valence-electron chi connectivity index (χ2n) is 6.44. The maximum Gasteiger partial charge on any atom is 0.254 e. The number of anilines is 1. The van der Waals surface area contributed by atoms with Gasteiger partial charge in [0.1, 0.15) is 11.9 Å². The Bertz CT molecular complexity index is 885. The van der Waals surface area contributed by atoms with Crippen LogP contribution in [0.3, 0.4) is 0 Å². The van der Waals surface area contributed by atoms with E-state index < -0.39 is 0 Å². The quantitative estimate of drug-likeness (QED) is 0.825. The van der Waals surface area contributed by atoms with Crippen molar-refractivity contribution in [3.8, 4) is 0 Å². The van der Waals surface area contributed by atoms with Crippen LogP contribution in [0.1, 0.15) is 18.5 Å². The summed E-state index contributed by atoms with van der Waals surface area (Å²) >= 11 is 12.3. The van der Waals surface area contributed by atoms with Crippen molar-refractivity contribution in [3.05, 3.63) is 57.3 Å². The van der Waals surface area contributed by atoms with Gasteiger partial charge < -0.3 is 15.5 Å². The zero-order valence-corrected chi connectivity index (χ0v) is 15.8. The topological polar surface area (TPSA) is 62.2 Å². The van der Waals surface area contributed by atoms with Crippen molar-refractivity contribution in [1.29, 1.82) is 0 Å². The molecule has 0 aliphatic carbocycles. The molecule has 0 spiro atoms. The molecule has 2 aromatic rings. The Morgan fingerprint density at radius 3 is 2.69 bits per heavy atom. The lowest BCUT2D eigenvalue weighted by Gasteiger charge is -2.34. The molecule has 1 saturated heterocycles. The van der Waals surface area contributed by atoms with Crippen molar-refractivity contribution >= 4 is 34.9 Å². The molecule has 136 valence electrons. The second kappa shape index (κ2) is 6.95. The number of aromatic nitrogens is 2. The Labute approximate surface area is 161 Å². The third kappa shape index (κ3) is 2.98. The number of nitrogens with zero attached hydrogens (tertiary/aromatic N) is 3. The van der Waals surface area contributed by atoms with Gasteiger partial charge in [0.05, 0.1) is 21.8 Å². The average Bonchev–Trinajstić information content (AvgIpc) is 3.11. The summed E-state index contributed by atoms with van der Waals surface area (Å²) < 4.78 is 1.82. The first kappa shape index (κ1) is 17.4. The van der Waals surface area contributed by atoms with Crippen LogP contribution in [0.25, 0.3) is 0 Å². The Balaban J connectivity index is 1.81. The van der Waals surface area contributed by atoms with Gasteiger partial charge in [0.15, 0.2) is 0 Å². The summed E-state index contributed by atoms with van der Waals surface area (Å²) in [5, 5.41) is 12.0. The van der Waals surface area contributed by atoms with Gasteiger partial charge in [0.2, 0.25) is 0 Å². The van der Waals surface area contributed by atoms with Crippen LogP contribution in [0.2, 0.25) is 10.0 Å². The monoisotopic (exact) mass is 391 g/mol. The van der Waals surface area contributed by atoms with Crippen LogP contribution < -0.4 is 10.6 Å². The molecular weight excluding hydrogens is 373 g/mol. The van der Waals surface area contributed by atoms with Crippen molar-refractivity contribution in [3.63, 3.8) is 0 Å². The number of halogens is 2. The van der Waals surface area contributed by atoms with Crippen LogP contribution in [-0.4, -0.2) is 46.8 Å². The number of nitrogens with one attached hydrogen (secondary N) is 2. The summed E-state index contributed by atoms with van der Waals surface area (Å²) in [4.78, 5) is 15.2. The molecule has 1 amide bonds. The lowest BCUT2D eigenvalue weighted by molar-refractivity contribution is -0.128. The Hall–Kier alpha value is -2.02. The van der Waals surface area contributed by atoms with E-state index in [4.69, 9.17) is 23.2 Å². The molecule has 8 heteroatoms. The number of benzene rings is 1. The van der Waals surface area contributed by atoms with E-state index in [0.29, 0.717) is 28.7 Å². The minimum absolute atomic E-state index is 0.0220. The third-order valence-corrected chi connectivity index (χ3v) is 5.54. The highest BCUT2D eigenvalue weighted by Gasteiger charge is 2.35. The first-order valence-electron chi connectivity index (χ1n) is 8.52. The number of piperazine rings is 1. The molecule has 3 heterocycles. The van der Waals surface area contributed by atoms with Crippen LogP contribution >= 0.6 is 23.2 Å². The normalized spacial score (nSPS) is 20.0. The van der Waals surface area contributed by atoms with Gasteiger partial charge in [-0.25, -0.2) is 4.68 Å². The maximum atomic E-state index is 13.3. The number of allylic oxidation sites excluding steroid dienone is 1. The molecular formula is C18H19Cl2N5O. The molecule has 0 radical (unpaired) electrons.